The highest BCUT2D eigenvalue weighted by Gasteiger charge is 2.52. The number of aromatic nitrogens is 1. The molecule has 0 radical (unpaired) electrons. The lowest BCUT2D eigenvalue weighted by Gasteiger charge is -2.45. The monoisotopic (exact) mass is 453 g/mol. The van der Waals surface area contributed by atoms with E-state index < -0.39 is 23.3 Å². The van der Waals surface area contributed by atoms with Crippen molar-refractivity contribution in [2.45, 2.75) is 36.8 Å². The second kappa shape index (κ2) is 8.05. The number of pyridine rings is 1. The molecular formula is C21H22Cl2FN3O3. The fourth-order valence-corrected chi connectivity index (χ4v) is 4.62. The molecule has 9 heteroatoms. The van der Waals surface area contributed by atoms with Gasteiger partial charge >= 0.3 is 0 Å². The Bertz CT molecular complexity index is 972. The maximum atomic E-state index is 16.0. The molecule has 1 aromatic carbocycles. The Morgan fingerprint density at radius 2 is 2.07 bits per heavy atom. The Hall–Kier alpha value is -1.77. The van der Waals surface area contributed by atoms with Gasteiger partial charge < -0.3 is 15.5 Å². The standard InChI is InChI=1S/C21H22Cl2FN3O3/c22-14-4-3-13(17(23)8-14)9-26-19(29)21(24)6-5-20(30,12-27-10-15(28)11-27)18-16(21)2-1-7-25-18/h1-4,7-8,15,28,30H,5-6,9-12H2,(H,26,29)/t20-,21+/m1/s1. The number of nitrogens with one attached hydrogen (secondary N) is 1. The molecule has 0 unspecified atom stereocenters. The van der Waals surface area contributed by atoms with E-state index in [2.05, 4.69) is 10.3 Å². The van der Waals surface area contributed by atoms with Gasteiger partial charge in [0.2, 0.25) is 5.67 Å². The molecule has 2 atom stereocenters. The van der Waals surface area contributed by atoms with Crippen LogP contribution >= 0.6 is 23.2 Å². The first-order chi connectivity index (χ1) is 14.2. The van der Waals surface area contributed by atoms with Gasteiger partial charge in [0.15, 0.2) is 0 Å². The second-order valence-electron chi connectivity index (χ2n) is 8.00. The van der Waals surface area contributed by atoms with Crippen LogP contribution in [0.2, 0.25) is 10.0 Å². The van der Waals surface area contributed by atoms with Crippen molar-refractivity contribution in [1.29, 1.82) is 0 Å². The molecule has 6 nitrogen and oxygen atoms in total. The minimum absolute atomic E-state index is 0.0369. The Balaban J connectivity index is 1.55. The van der Waals surface area contributed by atoms with E-state index in [4.69, 9.17) is 23.2 Å². The molecular weight excluding hydrogens is 432 g/mol. The van der Waals surface area contributed by atoms with Crippen LogP contribution in [0.4, 0.5) is 4.39 Å². The van der Waals surface area contributed by atoms with Crippen molar-refractivity contribution in [2.24, 2.45) is 0 Å². The van der Waals surface area contributed by atoms with E-state index in [1.807, 2.05) is 4.90 Å². The zero-order valence-electron chi connectivity index (χ0n) is 16.1. The average molecular weight is 454 g/mol. The van der Waals surface area contributed by atoms with Crippen molar-refractivity contribution in [3.63, 3.8) is 0 Å². The second-order valence-corrected chi connectivity index (χ2v) is 8.84. The first-order valence-corrected chi connectivity index (χ1v) is 10.5. The molecule has 1 aromatic heterocycles. The largest absolute Gasteiger partial charge is 0.390 e. The Morgan fingerprint density at radius 3 is 2.77 bits per heavy atom. The van der Waals surface area contributed by atoms with E-state index >= 15 is 4.39 Å². The quantitative estimate of drug-likeness (QED) is 0.647. The summed E-state index contributed by atoms with van der Waals surface area (Å²) >= 11 is 12.0. The lowest BCUT2D eigenvalue weighted by Crippen LogP contribution is -2.57. The SMILES string of the molecule is O=C(NCc1ccc(Cl)cc1Cl)[C@]1(F)CC[C@@](O)(CN2CC(O)C2)c2ncccc21. The summed E-state index contributed by atoms with van der Waals surface area (Å²) in [6.07, 6.45) is 0.922. The van der Waals surface area contributed by atoms with Gasteiger partial charge in [0.25, 0.3) is 5.91 Å². The molecule has 4 rings (SSSR count). The maximum absolute atomic E-state index is 16.0. The number of rotatable bonds is 5. The summed E-state index contributed by atoms with van der Waals surface area (Å²) in [5.41, 5.74) is -2.85. The van der Waals surface area contributed by atoms with Gasteiger partial charge in [-0.3, -0.25) is 14.7 Å². The summed E-state index contributed by atoms with van der Waals surface area (Å²) in [6, 6.07) is 7.92. The zero-order valence-corrected chi connectivity index (χ0v) is 17.6. The third-order valence-corrected chi connectivity index (χ3v) is 6.38. The number of fused-ring (bicyclic) bond motifs is 1. The van der Waals surface area contributed by atoms with Crippen LogP contribution < -0.4 is 5.32 Å². The van der Waals surface area contributed by atoms with E-state index in [9.17, 15) is 15.0 Å². The van der Waals surface area contributed by atoms with Crippen LogP contribution in [0.1, 0.15) is 29.7 Å². The minimum atomic E-state index is -2.32. The number of amides is 1. The van der Waals surface area contributed by atoms with Gasteiger partial charge in [0, 0.05) is 48.0 Å². The summed E-state index contributed by atoms with van der Waals surface area (Å²) in [5.74, 6) is -0.802. The number of likely N-dealkylation sites (tertiary alicyclic amines) is 1. The third kappa shape index (κ3) is 3.92. The molecule has 1 amide bonds. The number of benzene rings is 1. The normalized spacial score (nSPS) is 26.7. The van der Waals surface area contributed by atoms with Gasteiger partial charge in [0.05, 0.1) is 11.8 Å². The smallest absolute Gasteiger partial charge is 0.262 e. The number of carbonyl (C=O) groups excluding carboxylic acids is 1. The van der Waals surface area contributed by atoms with E-state index in [0.29, 0.717) is 28.7 Å². The van der Waals surface area contributed by atoms with Crippen molar-refractivity contribution < 1.29 is 19.4 Å². The summed E-state index contributed by atoms with van der Waals surface area (Å²) in [4.78, 5) is 19.0. The molecule has 1 aliphatic heterocycles. The first kappa shape index (κ1) is 21.5. The Morgan fingerprint density at radius 1 is 1.30 bits per heavy atom. The molecule has 1 aliphatic carbocycles. The van der Waals surface area contributed by atoms with Crippen LogP contribution in [-0.2, 0) is 22.6 Å². The molecule has 30 heavy (non-hydrogen) atoms. The molecule has 1 fully saturated rings. The number of nitrogens with zero attached hydrogens (tertiary/aromatic N) is 2. The van der Waals surface area contributed by atoms with Gasteiger partial charge in [-0.25, -0.2) is 4.39 Å². The van der Waals surface area contributed by atoms with E-state index in [0.717, 1.165) is 0 Å². The summed E-state index contributed by atoms with van der Waals surface area (Å²) in [7, 11) is 0. The van der Waals surface area contributed by atoms with E-state index in [1.165, 1.54) is 12.3 Å². The van der Waals surface area contributed by atoms with Crippen molar-refractivity contribution in [1.82, 2.24) is 15.2 Å². The number of hydrogen-bond acceptors (Lipinski definition) is 5. The lowest BCUT2D eigenvalue weighted by atomic mass is 9.74. The number of aliphatic hydroxyl groups excluding tert-OH is 1. The minimum Gasteiger partial charge on any atom is -0.390 e. The number of aliphatic hydroxyl groups is 2. The predicted octanol–water partition coefficient (Wildman–Crippen LogP) is 2.53. The van der Waals surface area contributed by atoms with Crippen molar-refractivity contribution in [3.05, 3.63) is 63.4 Å². The van der Waals surface area contributed by atoms with Gasteiger partial charge in [-0.15, -0.1) is 0 Å². The van der Waals surface area contributed by atoms with Crippen LogP contribution in [-0.4, -0.2) is 51.7 Å². The molecule has 0 saturated carbocycles. The summed E-state index contributed by atoms with van der Waals surface area (Å²) in [5, 5.41) is 24.2. The number of β-amino-alcohol motifs (C(OH)–C–C–N with tert-alkyl or cyclic N) is 2. The van der Waals surface area contributed by atoms with Crippen molar-refractivity contribution >= 4 is 29.1 Å². The lowest BCUT2D eigenvalue weighted by molar-refractivity contribution is -0.138. The summed E-state index contributed by atoms with van der Waals surface area (Å²) in [6.45, 7) is 1.18. The van der Waals surface area contributed by atoms with Gasteiger partial charge in [-0.2, -0.15) is 0 Å². The van der Waals surface area contributed by atoms with Gasteiger partial charge in [-0.05, 0) is 36.6 Å². The first-order valence-electron chi connectivity index (χ1n) is 9.71. The highest BCUT2D eigenvalue weighted by atomic mass is 35.5. The molecule has 2 aliphatic rings. The number of hydrogen-bond donors (Lipinski definition) is 3. The van der Waals surface area contributed by atoms with Crippen LogP contribution in [0.25, 0.3) is 0 Å². The Labute approximate surface area is 183 Å². The molecule has 160 valence electrons. The van der Waals surface area contributed by atoms with E-state index in [1.54, 1.807) is 24.3 Å². The molecule has 3 N–H and O–H groups in total. The fraction of sp³-hybridized carbons (Fsp3) is 0.429. The molecule has 0 spiro atoms. The van der Waals surface area contributed by atoms with Crippen LogP contribution in [0.5, 0.6) is 0 Å². The van der Waals surface area contributed by atoms with Crippen molar-refractivity contribution in [2.75, 3.05) is 19.6 Å². The van der Waals surface area contributed by atoms with Crippen LogP contribution in [0.3, 0.4) is 0 Å². The molecule has 0 bridgehead atoms. The van der Waals surface area contributed by atoms with Crippen molar-refractivity contribution in [3.8, 4) is 0 Å². The highest BCUT2D eigenvalue weighted by molar-refractivity contribution is 6.35. The van der Waals surface area contributed by atoms with Crippen LogP contribution in [0, 0.1) is 0 Å². The maximum Gasteiger partial charge on any atom is 0.262 e. The van der Waals surface area contributed by atoms with E-state index in [-0.39, 0.29) is 37.2 Å². The number of carbonyl (C=O) groups is 1. The highest BCUT2D eigenvalue weighted by Crippen LogP contribution is 2.46. The Kier molecular flexibility index (Phi) is 5.76. The van der Waals surface area contributed by atoms with Crippen LogP contribution in [0.15, 0.2) is 36.5 Å². The summed E-state index contributed by atoms with van der Waals surface area (Å²) < 4.78 is 16.0. The molecule has 1 saturated heterocycles. The number of alkyl halides is 1. The topological polar surface area (TPSA) is 85.7 Å². The number of halogens is 3. The van der Waals surface area contributed by atoms with Gasteiger partial charge in [0.1, 0.15) is 5.60 Å². The molecule has 2 heterocycles. The predicted molar refractivity (Wildman–Crippen MR) is 111 cm³/mol. The third-order valence-electron chi connectivity index (χ3n) is 5.80. The van der Waals surface area contributed by atoms with Gasteiger partial charge in [-0.1, -0.05) is 35.3 Å². The fourth-order valence-electron chi connectivity index (χ4n) is 4.14. The average Bonchev–Trinajstić information content (AvgIpc) is 2.69. The zero-order chi connectivity index (χ0) is 21.5. The molecule has 2 aromatic rings.